The van der Waals surface area contributed by atoms with Crippen LogP contribution in [0.1, 0.15) is 5.56 Å². The summed E-state index contributed by atoms with van der Waals surface area (Å²) in [5.41, 5.74) is 1.77. The number of anilines is 1. The fraction of sp³-hybridized carbons (Fsp3) is 0.143. The minimum Gasteiger partial charge on any atom is -0.381 e. The van der Waals surface area contributed by atoms with Crippen molar-refractivity contribution >= 4 is 43.2 Å². The van der Waals surface area contributed by atoms with Crippen molar-refractivity contribution in [2.24, 2.45) is 0 Å². The molecular formula is C14H14BrClN2O2S. The first kappa shape index (κ1) is 16.3. The minimum absolute atomic E-state index is 0.229. The first-order chi connectivity index (χ1) is 9.92. The average Bonchev–Trinajstić information content (AvgIpc) is 2.49. The SMILES string of the molecule is CNS(=O)(=O)c1cccc(NCc2ccc(Cl)c(Br)c2)c1. The molecule has 7 heteroatoms. The lowest BCUT2D eigenvalue weighted by Gasteiger charge is -2.09. The van der Waals surface area contributed by atoms with Crippen molar-refractivity contribution in [3.05, 3.63) is 57.5 Å². The van der Waals surface area contributed by atoms with Gasteiger partial charge in [0.2, 0.25) is 10.0 Å². The highest BCUT2D eigenvalue weighted by atomic mass is 79.9. The molecule has 0 aliphatic carbocycles. The Morgan fingerprint density at radius 1 is 1.19 bits per heavy atom. The van der Waals surface area contributed by atoms with Crippen molar-refractivity contribution in [1.29, 1.82) is 0 Å². The second kappa shape index (κ2) is 6.79. The van der Waals surface area contributed by atoms with Crippen LogP contribution in [-0.2, 0) is 16.6 Å². The van der Waals surface area contributed by atoms with E-state index in [4.69, 9.17) is 11.6 Å². The van der Waals surface area contributed by atoms with Gasteiger partial charge < -0.3 is 5.32 Å². The van der Waals surface area contributed by atoms with E-state index in [0.29, 0.717) is 11.6 Å². The van der Waals surface area contributed by atoms with Crippen LogP contribution in [0.5, 0.6) is 0 Å². The standard InChI is InChI=1S/C14H14BrClN2O2S/c1-17-21(19,20)12-4-2-3-11(8-12)18-9-10-5-6-14(16)13(15)7-10/h2-8,17-18H,9H2,1H3. The van der Waals surface area contributed by atoms with Crippen LogP contribution in [0.3, 0.4) is 0 Å². The van der Waals surface area contributed by atoms with E-state index in [1.807, 2.05) is 24.3 Å². The Balaban J connectivity index is 2.13. The lowest BCUT2D eigenvalue weighted by molar-refractivity contribution is 0.588. The highest BCUT2D eigenvalue weighted by molar-refractivity contribution is 9.10. The molecule has 21 heavy (non-hydrogen) atoms. The molecule has 0 aliphatic heterocycles. The van der Waals surface area contributed by atoms with Gasteiger partial charge in [0.1, 0.15) is 0 Å². The Labute approximate surface area is 137 Å². The molecule has 112 valence electrons. The number of sulfonamides is 1. The van der Waals surface area contributed by atoms with E-state index in [-0.39, 0.29) is 4.90 Å². The normalized spacial score (nSPS) is 11.4. The van der Waals surface area contributed by atoms with Crippen molar-refractivity contribution in [3.8, 4) is 0 Å². The molecule has 0 amide bonds. The van der Waals surface area contributed by atoms with Gasteiger partial charge in [-0.15, -0.1) is 0 Å². The van der Waals surface area contributed by atoms with Crippen molar-refractivity contribution in [1.82, 2.24) is 4.72 Å². The monoisotopic (exact) mass is 388 g/mol. The maximum Gasteiger partial charge on any atom is 0.240 e. The van der Waals surface area contributed by atoms with Crippen LogP contribution in [-0.4, -0.2) is 15.5 Å². The van der Waals surface area contributed by atoms with Gasteiger partial charge in [0.15, 0.2) is 0 Å². The first-order valence-electron chi connectivity index (χ1n) is 6.14. The summed E-state index contributed by atoms with van der Waals surface area (Å²) in [5, 5.41) is 3.84. The number of benzene rings is 2. The average molecular weight is 390 g/mol. The van der Waals surface area contributed by atoms with Crippen LogP contribution >= 0.6 is 27.5 Å². The quantitative estimate of drug-likeness (QED) is 0.821. The van der Waals surface area contributed by atoms with E-state index >= 15 is 0 Å². The van der Waals surface area contributed by atoms with Crippen LogP contribution in [0.2, 0.25) is 5.02 Å². The molecular weight excluding hydrogens is 376 g/mol. The summed E-state index contributed by atoms with van der Waals surface area (Å²) in [5.74, 6) is 0. The molecule has 2 rings (SSSR count). The molecule has 0 bridgehead atoms. The Hall–Kier alpha value is -1.08. The molecule has 0 radical (unpaired) electrons. The predicted octanol–water partition coefficient (Wildman–Crippen LogP) is 3.62. The molecule has 2 N–H and O–H groups in total. The van der Waals surface area contributed by atoms with E-state index in [1.54, 1.807) is 18.2 Å². The maximum absolute atomic E-state index is 11.7. The smallest absolute Gasteiger partial charge is 0.240 e. The lowest BCUT2D eigenvalue weighted by Crippen LogP contribution is -2.18. The summed E-state index contributed by atoms with van der Waals surface area (Å²) < 4.78 is 26.6. The van der Waals surface area contributed by atoms with Crippen molar-refractivity contribution in [2.45, 2.75) is 11.4 Å². The molecule has 4 nitrogen and oxygen atoms in total. The van der Waals surface area contributed by atoms with Gasteiger partial charge in [-0.1, -0.05) is 23.7 Å². The zero-order valence-electron chi connectivity index (χ0n) is 11.2. The fourth-order valence-electron chi connectivity index (χ4n) is 1.74. The van der Waals surface area contributed by atoms with E-state index in [9.17, 15) is 8.42 Å². The summed E-state index contributed by atoms with van der Waals surface area (Å²) in [6.45, 7) is 0.568. The third kappa shape index (κ3) is 4.20. The van der Waals surface area contributed by atoms with Crippen LogP contribution in [0.15, 0.2) is 51.8 Å². The van der Waals surface area contributed by atoms with Crippen molar-refractivity contribution in [2.75, 3.05) is 12.4 Å². The van der Waals surface area contributed by atoms with Gasteiger partial charge in [-0.3, -0.25) is 0 Å². The second-order valence-corrected chi connectivity index (χ2v) is 7.49. The Bertz CT molecular complexity index is 750. The number of halogens is 2. The minimum atomic E-state index is -3.43. The highest BCUT2D eigenvalue weighted by Crippen LogP contribution is 2.24. The van der Waals surface area contributed by atoms with E-state index in [0.717, 1.165) is 15.7 Å². The zero-order valence-corrected chi connectivity index (χ0v) is 14.4. The predicted molar refractivity (Wildman–Crippen MR) is 89.2 cm³/mol. The van der Waals surface area contributed by atoms with Gasteiger partial charge in [0.25, 0.3) is 0 Å². The van der Waals surface area contributed by atoms with Gasteiger partial charge in [-0.25, -0.2) is 13.1 Å². The molecule has 0 spiro atoms. The summed E-state index contributed by atoms with van der Waals surface area (Å²) in [6, 6.07) is 12.3. The zero-order chi connectivity index (χ0) is 15.5. The molecule has 0 aliphatic rings. The van der Waals surface area contributed by atoms with E-state index in [2.05, 4.69) is 26.0 Å². The van der Waals surface area contributed by atoms with Gasteiger partial charge >= 0.3 is 0 Å². The molecule has 2 aromatic carbocycles. The molecule has 0 aromatic heterocycles. The van der Waals surface area contributed by atoms with E-state index in [1.165, 1.54) is 7.05 Å². The summed E-state index contributed by atoms with van der Waals surface area (Å²) in [4.78, 5) is 0.229. The Morgan fingerprint density at radius 2 is 1.95 bits per heavy atom. The van der Waals surface area contributed by atoms with Crippen LogP contribution in [0.25, 0.3) is 0 Å². The van der Waals surface area contributed by atoms with Gasteiger partial charge in [0.05, 0.1) is 9.92 Å². The molecule has 0 saturated heterocycles. The highest BCUT2D eigenvalue weighted by Gasteiger charge is 2.11. The molecule has 0 heterocycles. The third-order valence-electron chi connectivity index (χ3n) is 2.89. The third-order valence-corrected chi connectivity index (χ3v) is 5.52. The largest absolute Gasteiger partial charge is 0.381 e. The van der Waals surface area contributed by atoms with Crippen LogP contribution < -0.4 is 10.0 Å². The topological polar surface area (TPSA) is 58.2 Å². The van der Waals surface area contributed by atoms with E-state index < -0.39 is 10.0 Å². The Morgan fingerprint density at radius 3 is 2.62 bits per heavy atom. The molecule has 0 saturated carbocycles. The maximum atomic E-state index is 11.7. The first-order valence-corrected chi connectivity index (χ1v) is 8.79. The molecule has 0 unspecified atom stereocenters. The van der Waals surface area contributed by atoms with Crippen LogP contribution in [0.4, 0.5) is 5.69 Å². The number of hydrogen-bond donors (Lipinski definition) is 2. The van der Waals surface area contributed by atoms with Crippen molar-refractivity contribution in [3.63, 3.8) is 0 Å². The molecule has 0 atom stereocenters. The lowest BCUT2D eigenvalue weighted by atomic mass is 10.2. The van der Waals surface area contributed by atoms with Gasteiger partial charge in [0, 0.05) is 16.7 Å². The number of nitrogens with one attached hydrogen (secondary N) is 2. The second-order valence-electron chi connectivity index (χ2n) is 4.34. The number of hydrogen-bond acceptors (Lipinski definition) is 3. The summed E-state index contributed by atoms with van der Waals surface area (Å²) in [6.07, 6.45) is 0. The summed E-state index contributed by atoms with van der Waals surface area (Å²) in [7, 11) is -2.04. The van der Waals surface area contributed by atoms with Gasteiger partial charge in [-0.05, 0) is 58.9 Å². The fourth-order valence-corrected chi connectivity index (χ4v) is 3.06. The molecule has 0 fully saturated rings. The number of rotatable bonds is 5. The van der Waals surface area contributed by atoms with Gasteiger partial charge in [-0.2, -0.15) is 0 Å². The van der Waals surface area contributed by atoms with Crippen molar-refractivity contribution < 1.29 is 8.42 Å². The van der Waals surface area contributed by atoms with Crippen LogP contribution in [0, 0.1) is 0 Å². The summed E-state index contributed by atoms with van der Waals surface area (Å²) >= 11 is 9.32. The molecule has 2 aromatic rings. The Kier molecular flexibility index (Phi) is 5.27.